The number of benzene rings is 1. The van der Waals surface area contributed by atoms with Gasteiger partial charge in [-0.3, -0.25) is 9.59 Å². The maximum absolute atomic E-state index is 12.3. The normalized spacial score (nSPS) is 24.6. The van der Waals surface area contributed by atoms with Gasteiger partial charge < -0.3 is 9.84 Å². The van der Waals surface area contributed by atoms with Gasteiger partial charge in [-0.05, 0) is 31.4 Å². The van der Waals surface area contributed by atoms with Crippen LogP contribution in [-0.2, 0) is 21.6 Å². The summed E-state index contributed by atoms with van der Waals surface area (Å²) in [5.74, 6) is -0.566. The zero-order chi connectivity index (χ0) is 14.7. The molecule has 0 saturated carbocycles. The highest BCUT2D eigenvalue weighted by Crippen LogP contribution is 2.43. The first-order valence-corrected chi connectivity index (χ1v) is 6.70. The summed E-state index contributed by atoms with van der Waals surface area (Å²) in [6, 6.07) is 3.65. The number of ketones is 2. The van der Waals surface area contributed by atoms with E-state index in [1.54, 1.807) is 13.8 Å². The van der Waals surface area contributed by atoms with Gasteiger partial charge in [0.05, 0.1) is 0 Å². The fraction of sp³-hybridized carbons (Fsp3) is 0.375. The van der Waals surface area contributed by atoms with Crippen molar-refractivity contribution in [1.82, 2.24) is 0 Å². The van der Waals surface area contributed by atoms with Crippen molar-refractivity contribution in [2.24, 2.45) is 0 Å². The Morgan fingerprint density at radius 1 is 1.25 bits per heavy atom. The smallest absolute Gasteiger partial charge is 0.234 e. The van der Waals surface area contributed by atoms with Crippen LogP contribution >= 0.6 is 0 Å². The van der Waals surface area contributed by atoms with Gasteiger partial charge in [0.2, 0.25) is 11.6 Å². The molecule has 1 aromatic carbocycles. The first-order valence-electron chi connectivity index (χ1n) is 6.70. The molecule has 0 fully saturated rings. The molecule has 1 heterocycles. The number of rotatable bonds is 1. The van der Waals surface area contributed by atoms with Crippen LogP contribution in [0.4, 0.5) is 0 Å². The molecule has 1 aliphatic heterocycles. The van der Waals surface area contributed by atoms with E-state index in [0.29, 0.717) is 34.4 Å². The Morgan fingerprint density at radius 3 is 2.60 bits per heavy atom. The van der Waals surface area contributed by atoms with E-state index in [-0.39, 0.29) is 6.61 Å². The van der Waals surface area contributed by atoms with Gasteiger partial charge >= 0.3 is 0 Å². The minimum absolute atomic E-state index is 0.0824. The van der Waals surface area contributed by atoms with Crippen molar-refractivity contribution in [3.63, 3.8) is 0 Å². The van der Waals surface area contributed by atoms with Crippen LogP contribution < -0.4 is 0 Å². The van der Waals surface area contributed by atoms with E-state index in [0.717, 1.165) is 5.56 Å². The molecule has 20 heavy (non-hydrogen) atoms. The summed E-state index contributed by atoms with van der Waals surface area (Å²) in [4.78, 5) is 24.4. The first kappa shape index (κ1) is 13.1. The molecule has 1 atom stereocenters. The largest absolute Gasteiger partial charge is 0.489 e. The summed E-state index contributed by atoms with van der Waals surface area (Å²) in [6.07, 6.45) is 0.649. The zero-order valence-electron chi connectivity index (χ0n) is 11.7. The van der Waals surface area contributed by atoms with Crippen molar-refractivity contribution in [1.29, 1.82) is 0 Å². The third-order valence-corrected chi connectivity index (χ3v) is 4.09. The third kappa shape index (κ3) is 1.51. The van der Waals surface area contributed by atoms with Crippen LogP contribution in [0.25, 0.3) is 5.76 Å². The standard InChI is InChI=1S/C16H16O4/c1-4-9-5-6-10-12-11(9)14(18)13(17)8(2)15(12)20-7-16(10,3)19/h5-6,19H,4,7H2,1-3H3. The van der Waals surface area contributed by atoms with E-state index in [1.807, 2.05) is 19.1 Å². The number of carbonyl (C=O) groups excluding carboxylic acids is 2. The second-order valence-corrected chi connectivity index (χ2v) is 5.55. The van der Waals surface area contributed by atoms with Gasteiger partial charge in [0.1, 0.15) is 18.0 Å². The fourth-order valence-corrected chi connectivity index (χ4v) is 2.93. The average Bonchev–Trinajstić information content (AvgIpc) is 2.42. The topological polar surface area (TPSA) is 63.6 Å². The van der Waals surface area contributed by atoms with Gasteiger partial charge in [-0.25, -0.2) is 0 Å². The highest BCUT2D eigenvalue weighted by Gasteiger charge is 2.42. The van der Waals surface area contributed by atoms with Crippen LogP contribution in [-0.4, -0.2) is 23.3 Å². The minimum atomic E-state index is -1.15. The predicted molar refractivity (Wildman–Crippen MR) is 73.3 cm³/mol. The molecular weight excluding hydrogens is 256 g/mol. The number of ether oxygens (including phenoxy) is 1. The molecule has 4 heteroatoms. The number of allylic oxidation sites excluding steroid dienone is 1. The second-order valence-electron chi connectivity index (χ2n) is 5.55. The quantitative estimate of drug-likeness (QED) is 0.794. The summed E-state index contributed by atoms with van der Waals surface area (Å²) in [6.45, 7) is 5.27. The molecule has 0 aromatic heterocycles. The van der Waals surface area contributed by atoms with Crippen LogP contribution in [0.15, 0.2) is 17.7 Å². The first-order chi connectivity index (χ1) is 9.38. The number of aliphatic hydroxyl groups is 1. The molecule has 0 saturated heterocycles. The number of Topliss-reactive ketones (excluding diaryl/α,β-unsaturated/α-hetero) is 2. The summed E-state index contributed by atoms with van der Waals surface area (Å²) >= 11 is 0. The molecule has 104 valence electrons. The summed E-state index contributed by atoms with van der Waals surface area (Å²) < 4.78 is 5.59. The van der Waals surface area contributed by atoms with Crippen LogP contribution in [0.2, 0.25) is 0 Å². The van der Waals surface area contributed by atoms with E-state index in [9.17, 15) is 14.7 Å². The summed E-state index contributed by atoms with van der Waals surface area (Å²) in [7, 11) is 0. The van der Waals surface area contributed by atoms with Crippen LogP contribution in [0, 0.1) is 0 Å². The van der Waals surface area contributed by atoms with Crippen LogP contribution in [0.5, 0.6) is 0 Å². The number of hydrogen-bond donors (Lipinski definition) is 1. The summed E-state index contributed by atoms with van der Waals surface area (Å²) in [5, 5.41) is 10.4. The number of carbonyl (C=O) groups is 2. The maximum atomic E-state index is 12.3. The third-order valence-electron chi connectivity index (χ3n) is 4.09. The highest BCUT2D eigenvalue weighted by atomic mass is 16.5. The van der Waals surface area contributed by atoms with Crippen molar-refractivity contribution in [2.45, 2.75) is 32.8 Å². The van der Waals surface area contributed by atoms with Crippen molar-refractivity contribution >= 4 is 17.3 Å². The molecule has 4 nitrogen and oxygen atoms in total. The second kappa shape index (κ2) is 4.03. The van der Waals surface area contributed by atoms with E-state index >= 15 is 0 Å². The molecule has 1 aliphatic carbocycles. The molecular formula is C16H16O4. The number of hydrogen-bond acceptors (Lipinski definition) is 4. The van der Waals surface area contributed by atoms with E-state index in [2.05, 4.69) is 0 Å². The van der Waals surface area contributed by atoms with Crippen molar-refractivity contribution < 1.29 is 19.4 Å². The Balaban J connectivity index is 2.44. The molecule has 3 rings (SSSR count). The lowest BCUT2D eigenvalue weighted by Gasteiger charge is -2.36. The SMILES string of the molecule is CCc1ccc2c3c1C(=O)C(=O)C(C)=C3OCC2(C)O. The molecule has 1 N–H and O–H groups in total. The lowest BCUT2D eigenvalue weighted by Crippen LogP contribution is -2.37. The Kier molecular flexibility index (Phi) is 2.63. The Morgan fingerprint density at radius 2 is 1.95 bits per heavy atom. The summed E-state index contributed by atoms with van der Waals surface area (Å²) in [5.41, 5.74) is 1.64. The van der Waals surface area contributed by atoms with Crippen LogP contribution in [0.3, 0.4) is 0 Å². The van der Waals surface area contributed by atoms with Gasteiger partial charge in [-0.15, -0.1) is 0 Å². The van der Waals surface area contributed by atoms with Crippen LogP contribution in [0.1, 0.15) is 47.8 Å². The van der Waals surface area contributed by atoms with Gasteiger partial charge in [0, 0.05) is 16.7 Å². The van der Waals surface area contributed by atoms with Gasteiger partial charge in [-0.2, -0.15) is 0 Å². The monoisotopic (exact) mass is 272 g/mol. The maximum Gasteiger partial charge on any atom is 0.234 e. The van der Waals surface area contributed by atoms with E-state index < -0.39 is 17.2 Å². The lowest BCUT2D eigenvalue weighted by molar-refractivity contribution is -0.112. The molecule has 1 aromatic rings. The van der Waals surface area contributed by atoms with Gasteiger partial charge in [0.15, 0.2) is 0 Å². The van der Waals surface area contributed by atoms with Crippen molar-refractivity contribution in [3.8, 4) is 0 Å². The van der Waals surface area contributed by atoms with Crippen molar-refractivity contribution in [2.75, 3.05) is 6.61 Å². The molecule has 1 unspecified atom stereocenters. The Labute approximate surface area is 117 Å². The predicted octanol–water partition coefficient (Wildman–Crippen LogP) is 1.98. The minimum Gasteiger partial charge on any atom is -0.489 e. The lowest BCUT2D eigenvalue weighted by atomic mass is 9.77. The number of aryl methyl sites for hydroxylation is 1. The molecule has 2 aliphatic rings. The van der Waals surface area contributed by atoms with Crippen molar-refractivity contribution in [3.05, 3.63) is 40.0 Å². The average molecular weight is 272 g/mol. The Hall–Kier alpha value is -1.94. The molecule has 0 bridgehead atoms. The molecule has 0 spiro atoms. The van der Waals surface area contributed by atoms with E-state index in [1.165, 1.54) is 0 Å². The fourth-order valence-electron chi connectivity index (χ4n) is 2.93. The van der Waals surface area contributed by atoms with Gasteiger partial charge in [-0.1, -0.05) is 19.1 Å². The van der Waals surface area contributed by atoms with E-state index in [4.69, 9.17) is 4.74 Å². The Bertz CT molecular complexity index is 680. The molecule has 0 amide bonds. The zero-order valence-corrected chi connectivity index (χ0v) is 11.7. The molecule has 0 radical (unpaired) electrons. The van der Waals surface area contributed by atoms with Gasteiger partial charge in [0.25, 0.3) is 0 Å². The highest BCUT2D eigenvalue weighted by molar-refractivity contribution is 6.52.